The maximum Gasteiger partial charge on any atom is 0.335 e. The van der Waals surface area contributed by atoms with Crippen LogP contribution in [0, 0.1) is 5.82 Å². The molecule has 0 aromatic heterocycles. The van der Waals surface area contributed by atoms with Crippen molar-refractivity contribution in [2.24, 2.45) is 0 Å². The number of carbonyl (C=O) groups is 4. The number of halogens is 3. The number of benzene rings is 3. The van der Waals surface area contributed by atoms with Gasteiger partial charge in [0.2, 0.25) is 0 Å². The molecule has 1 aliphatic heterocycles. The van der Waals surface area contributed by atoms with Gasteiger partial charge in [-0.2, -0.15) is 0 Å². The fraction of sp³-hybridized carbons (Fsp3) is 0.0400. The number of amides is 5. The van der Waals surface area contributed by atoms with Crippen molar-refractivity contribution in [3.05, 3.63) is 93.7 Å². The number of anilines is 2. The highest BCUT2D eigenvalue weighted by Gasteiger charge is 2.36. The molecule has 0 unspecified atom stereocenters. The minimum absolute atomic E-state index is 0.0918. The third-order valence-electron chi connectivity index (χ3n) is 4.96. The Kier molecular flexibility index (Phi) is 7.33. The van der Waals surface area contributed by atoms with Gasteiger partial charge in [-0.3, -0.25) is 19.7 Å². The zero-order chi connectivity index (χ0) is 25.8. The average Bonchev–Trinajstić information content (AvgIpc) is 2.84. The van der Waals surface area contributed by atoms with Gasteiger partial charge in [-0.1, -0.05) is 41.4 Å². The molecule has 8 nitrogen and oxygen atoms in total. The Morgan fingerprint density at radius 1 is 1.00 bits per heavy atom. The Balaban J connectivity index is 1.48. The zero-order valence-corrected chi connectivity index (χ0v) is 19.8. The third kappa shape index (κ3) is 5.54. The van der Waals surface area contributed by atoms with Crippen LogP contribution in [0.25, 0.3) is 6.08 Å². The minimum atomic E-state index is -0.953. The maximum atomic E-state index is 13.2. The van der Waals surface area contributed by atoms with Crippen LogP contribution in [0.1, 0.15) is 5.56 Å². The van der Waals surface area contributed by atoms with Gasteiger partial charge in [0.05, 0.1) is 21.4 Å². The molecule has 36 heavy (non-hydrogen) atoms. The van der Waals surface area contributed by atoms with Crippen molar-refractivity contribution in [1.29, 1.82) is 0 Å². The Bertz CT molecular complexity index is 1410. The summed E-state index contributed by atoms with van der Waals surface area (Å²) in [6, 6.07) is 14.8. The van der Waals surface area contributed by atoms with Crippen LogP contribution in [-0.4, -0.2) is 30.4 Å². The number of urea groups is 1. The molecule has 1 fully saturated rings. The van der Waals surface area contributed by atoms with E-state index in [1.165, 1.54) is 36.4 Å². The van der Waals surface area contributed by atoms with Crippen molar-refractivity contribution in [3.63, 3.8) is 0 Å². The number of hydrogen-bond donors (Lipinski definition) is 2. The highest BCUT2D eigenvalue weighted by Crippen LogP contribution is 2.28. The van der Waals surface area contributed by atoms with E-state index in [0.717, 1.165) is 17.0 Å². The third-order valence-corrected chi connectivity index (χ3v) is 5.59. The first kappa shape index (κ1) is 24.9. The lowest BCUT2D eigenvalue weighted by Crippen LogP contribution is -2.54. The van der Waals surface area contributed by atoms with E-state index in [-0.39, 0.29) is 28.6 Å². The fourth-order valence-electron chi connectivity index (χ4n) is 3.26. The van der Waals surface area contributed by atoms with Crippen molar-refractivity contribution in [1.82, 2.24) is 5.32 Å². The SMILES string of the molecule is O=C(COc1ccc(/C=C2\C(=O)NC(=O)N(c3ccc(F)cc3)C2=O)cc1Cl)Nc1ccccc1Cl. The van der Waals surface area contributed by atoms with Crippen molar-refractivity contribution in [2.75, 3.05) is 16.8 Å². The van der Waals surface area contributed by atoms with E-state index in [1.807, 2.05) is 0 Å². The lowest BCUT2D eigenvalue weighted by molar-refractivity contribution is -0.122. The average molecular weight is 528 g/mol. The van der Waals surface area contributed by atoms with Gasteiger partial charge < -0.3 is 10.1 Å². The molecule has 1 heterocycles. The maximum absolute atomic E-state index is 13.2. The van der Waals surface area contributed by atoms with E-state index in [1.54, 1.807) is 24.3 Å². The molecular weight excluding hydrogens is 512 g/mol. The van der Waals surface area contributed by atoms with Crippen LogP contribution in [0.2, 0.25) is 10.0 Å². The quantitative estimate of drug-likeness (QED) is 0.353. The van der Waals surface area contributed by atoms with E-state index in [4.69, 9.17) is 27.9 Å². The van der Waals surface area contributed by atoms with Crippen molar-refractivity contribution in [2.45, 2.75) is 0 Å². The van der Waals surface area contributed by atoms with Crippen LogP contribution < -0.4 is 20.3 Å². The summed E-state index contributed by atoms with van der Waals surface area (Å²) in [5.74, 6) is -2.59. The van der Waals surface area contributed by atoms with Crippen LogP contribution in [0.4, 0.5) is 20.6 Å². The normalized spacial score (nSPS) is 14.6. The van der Waals surface area contributed by atoms with Gasteiger partial charge in [0.15, 0.2) is 6.61 Å². The number of hydrogen-bond acceptors (Lipinski definition) is 5. The molecule has 0 saturated carbocycles. The Morgan fingerprint density at radius 3 is 2.42 bits per heavy atom. The number of carbonyl (C=O) groups excluding carboxylic acids is 4. The number of nitrogens with one attached hydrogen (secondary N) is 2. The zero-order valence-electron chi connectivity index (χ0n) is 18.3. The number of rotatable bonds is 6. The predicted molar refractivity (Wildman–Crippen MR) is 132 cm³/mol. The first-order valence-corrected chi connectivity index (χ1v) is 11.1. The molecule has 0 bridgehead atoms. The van der Waals surface area contributed by atoms with E-state index >= 15 is 0 Å². The molecular formula is C25H16Cl2FN3O5. The molecule has 1 saturated heterocycles. The van der Waals surface area contributed by atoms with Gasteiger partial charge in [0.25, 0.3) is 17.7 Å². The summed E-state index contributed by atoms with van der Waals surface area (Å²) in [6.45, 7) is -0.346. The van der Waals surface area contributed by atoms with Crippen molar-refractivity contribution >= 4 is 64.4 Å². The summed E-state index contributed by atoms with van der Waals surface area (Å²) in [6.07, 6.45) is 1.25. The molecule has 0 radical (unpaired) electrons. The van der Waals surface area contributed by atoms with E-state index < -0.39 is 29.6 Å². The lowest BCUT2D eigenvalue weighted by atomic mass is 10.1. The number of imide groups is 2. The molecule has 11 heteroatoms. The smallest absolute Gasteiger partial charge is 0.335 e. The van der Waals surface area contributed by atoms with E-state index in [2.05, 4.69) is 10.6 Å². The highest BCUT2D eigenvalue weighted by molar-refractivity contribution is 6.39. The van der Waals surface area contributed by atoms with E-state index in [0.29, 0.717) is 16.3 Å². The summed E-state index contributed by atoms with van der Waals surface area (Å²) in [7, 11) is 0. The highest BCUT2D eigenvalue weighted by atomic mass is 35.5. The number of ether oxygens (including phenoxy) is 1. The number of nitrogens with zero attached hydrogens (tertiary/aromatic N) is 1. The first-order valence-electron chi connectivity index (χ1n) is 10.4. The second kappa shape index (κ2) is 10.6. The van der Waals surface area contributed by atoms with E-state index in [9.17, 15) is 23.6 Å². The molecule has 0 atom stereocenters. The molecule has 182 valence electrons. The fourth-order valence-corrected chi connectivity index (χ4v) is 3.69. The Labute approximate surface area is 214 Å². The van der Waals surface area contributed by atoms with Gasteiger partial charge in [-0.15, -0.1) is 0 Å². The molecule has 3 aromatic rings. The molecule has 0 spiro atoms. The van der Waals surface area contributed by atoms with Gasteiger partial charge in [0.1, 0.15) is 17.1 Å². The second-order valence-corrected chi connectivity index (χ2v) is 8.26. The Morgan fingerprint density at radius 2 is 1.72 bits per heavy atom. The van der Waals surface area contributed by atoms with Crippen molar-refractivity contribution < 1.29 is 28.3 Å². The summed E-state index contributed by atoms with van der Waals surface area (Å²) in [5, 5.41) is 5.19. The predicted octanol–water partition coefficient (Wildman–Crippen LogP) is 4.82. The summed E-state index contributed by atoms with van der Waals surface area (Å²) >= 11 is 12.3. The molecule has 2 N–H and O–H groups in total. The summed E-state index contributed by atoms with van der Waals surface area (Å²) in [4.78, 5) is 50.4. The minimum Gasteiger partial charge on any atom is -0.482 e. The molecule has 0 aliphatic carbocycles. The van der Waals surface area contributed by atoms with Gasteiger partial charge >= 0.3 is 6.03 Å². The van der Waals surface area contributed by atoms with Crippen LogP contribution in [0.15, 0.2) is 72.3 Å². The largest absolute Gasteiger partial charge is 0.482 e. The molecule has 4 rings (SSSR count). The molecule has 1 aliphatic rings. The standard InChI is InChI=1S/C25H16Cl2FN3O5/c26-18-3-1-2-4-20(18)29-22(32)13-36-21-10-5-14(12-19(21)27)11-17-23(33)30-25(35)31(24(17)34)16-8-6-15(28)7-9-16/h1-12H,13H2,(H,29,32)(H,30,33,35)/b17-11+. The number of barbiturate groups is 1. The molecule has 3 aromatic carbocycles. The van der Waals surface area contributed by atoms with Crippen LogP contribution in [0.3, 0.4) is 0 Å². The summed E-state index contributed by atoms with van der Waals surface area (Å²) < 4.78 is 18.7. The van der Waals surface area contributed by atoms with Crippen LogP contribution >= 0.6 is 23.2 Å². The van der Waals surface area contributed by atoms with Crippen LogP contribution in [0.5, 0.6) is 5.75 Å². The Hall–Kier alpha value is -4.21. The van der Waals surface area contributed by atoms with Gasteiger partial charge in [-0.25, -0.2) is 14.1 Å². The second-order valence-electron chi connectivity index (χ2n) is 7.44. The molecule has 5 amide bonds. The first-order chi connectivity index (χ1) is 17.2. The summed E-state index contributed by atoms with van der Waals surface area (Å²) in [5.41, 5.74) is 0.557. The van der Waals surface area contributed by atoms with Crippen molar-refractivity contribution in [3.8, 4) is 5.75 Å². The monoisotopic (exact) mass is 527 g/mol. The lowest BCUT2D eigenvalue weighted by Gasteiger charge is -2.26. The van der Waals surface area contributed by atoms with Crippen LogP contribution in [-0.2, 0) is 14.4 Å². The topological polar surface area (TPSA) is 105 Å². The number of para-hydroxylation sites is 1. The van der Waals surface area contributed by atoms with Gasteiger partial charge in [-0.05, 0) is 60.2 Å². The van der Waals surface area contributed by atoms with Gasteiger partial charge in [0, 0.05) is 0 Å².